The quantitative estimate of drug-likeness (QED) is 0.776. The Kier molecular flexibility index (Phi) is 6.07. The zero-order valence-electron chi connectivity index (χ0n) is 19.0. The Morgan fingerprint density at radius 2 is 1.85 bits per heavy atom. The number of hydrogen-bond donors (Lipinski definition) is 1. The standard InChI is InChI=1S/C26H30N4O3/c1-28-23-7-6-20(19-4-2-18(15-27)3-5-19)14-22(23)26-21(24(28)17-31)8-9-30(26)25(32)16-29-10-12-33-13-11-29/h2-7,14,21,24,26,31H,8-13,16-17H2,1H3/t21-,24+,26-/m0/s1. The molecule has 0 aromatic heterocycles. The van der Waals surface area contributed by atoms with Gasteiger partial charge in [0, 0.05) is 38.3 Å². The van der Waals surface area contributed by atoms with E-state index >= 15 is 0 Å². The highest BCUT2D eigenvalue weighted by atomic mass is 16.5. The van der Waals surface area contributed by atoms with Crippen molar-refractivity contribution in [1.82, 2.24) is 9.80 Å². The van der Waals surface area contributed by atoms with Crippen LogP contribution < -0.4 is 4.90 Å². The maximum Gasteiger partial charge on any atom is 0.237 e. The first-order valence-electron chi connectivity index (χ1n) is 11.7. The average molecular weight is 447 g/mol. The molecule has 0 aliphatic carbocycles. The maximum absolute atomic E-state index is 13.4. The predicted molar refractivity (Wildman–Crippen MR) is 126 cm³/mol. The first-order valence-corrected chi connectivity index (χ1v) is 11.7. The second-order valence-corrected chi connectivity index (χ2v) is 9.20. The summed E-state index contributed by atoms with van der Waals surface area (Å²) >= 11 is 0. The van der Waals surface area contributed by atoms with Gasteiger partial charge in [0.2, 0.25) is 5.91 Å². The number of aliphatic hydroxyl groups is 1. The summed E-state index contributed by atoms with van der Waals surface area (Å²) in [5.74, 6) is 0.345. The van der Waals surface area contributed by atoms with Crippen molar-refractivity contribution in [3.8, 4) is 17.2 Å². The number of rotatable bonds is 4. The van der Waals surface area contributed by atoms with Crippen LogP contribution in [0, 0.1) is 17.2 Å². The van der Waals surface area contributed by atoms with Gasteiger partial charge >= 0.3 is 0 Å². The van der Waals surface area contributed by atoms with Crippen LogP contribution in [0.3, 0.4) is 0 Å². The van der Waals surface area contributed by atoms with E-state index in [0.717, 1.165) is 41.9 Å². The van der Waals surface area contributed by atoms with Crippen LogP contribution in [-0.4, -0.2) is 79.9 Å². The van der Waals surface area contributed by atoms with E-state index in [1.54, 1.807) is 0 Å². The Labute approximate surface area is 194 Å². The third kappa shape index (κ3) is 3.99. The minimum Gasteiger partial charge on any atom is -0.394 e. The number of ether oxygens (including phenoxy) is 1. The lowest BCUT2D eigenvalue weighted by molar-refractivity contribution is -0.135. The summed E-state index contributed by atoms with van der Waals surface area (Å²) < 4.78 is 5.43. The number of benzene rings is 2. The minimum absolute atomic E-state index is 0.00977. The molecule has 3 aliphatic rings. The Morgan fingerprint density at radius 3 is 2.55 bits per heavy atom. The number of carbonyl (C=O) groups excluding carboxylic acids is 1. The van der Waals surface area contributed by atoms with Crippen LogP contribution in [0.2, 0.25) is 0 Å². The topological polar surface area (TPSA) is 80.0 Å². The fraction of sp³-hybridized carbons (Fsp3) is 0.462. The van der Waals surface area contributed by atoms with E-state index in [2.05, 4.69) is 34.1 Å². The number of nitrogens with zero attached hydrogens (tertiary/aromatic N) is 4. The van der Waals surface area contributed by atoms with Gasteiger partial charge in [-0.15, -0.1) is 0 Å². The molecule has 3 aliphatic heterocycles. The number of likely N-dealkylation sites (tertiary alicyclic amines) is 1. The second kappa shape index (κ2) is 9.14. The van der Waals surface area contributed by atoms with Crippen molar-refractivity contribution >= 4 is 11.6 Å². The fourth-order valence-corrected chi connectivity index (χ4v) is 5.69. The fourth-order valence-electron chi connectivity index (χ4n) is 5.69. The molecule has 172 valence electrons. The van der Waals surface area contributed by atoms with Gasteiger partial charge in [-0.3, -0.25) is 9.69 Å². The molecule has 2 saturated heterocycles. The van der Waals surface area contributed by atoms with Gasteiger partial charge in [0.05, 0.1) is 50.1 Å². The highest BCUT2D eigenvalue weighted by Gasteiger charge is 2.47. The predicted octanol–water partition coefficient (Wildman–Crippen LogP) is 2.26. The molecule has 1 amide bonds. The van der Waals surface area contributed by atoms with Crippen LogP contribution in [0.1, 0.15) is 23.6 Å². The van der Waals surface area contributed by atoms with Crippen LogP contribution >= 0.6 is 0 Å². The number of nitriles is 1. The molecule has 7 heteroatoms. The van der Waals surface area contributed by atoms with E-state index in [1.165, 1.54) is 0 Å². The molecule has 5 rings (SSSR count). The summed E-state index contributed by atoms with van der Waals surface area (Å²) in [6.07, 6.45) is 0.885. The van der Waals surface area contributed by atoms with Crippen LogP contribution in [0.5, 0.6) is 0 Å². The molecule has 1 N–H and O–H groups in total. The van der Waals surface area contributed by atoms with E-state index < -0.39 is 0 Å². The summed E-state index contributed by atoms with van der Waals surface area (Å²) in [7, 11) is 2.04. The smallest absolute Gasteiger partial charge is 0.237 e. The molecule has 33 heavy (non-hydrogen) atoms. The molecule has 0 bridgehead atoms. The summed E-state index contributed by atoms with van der Waals surface area (Å²) in [5.41, 5.74) is 4.96. The molecule has 2 aromatic rings. The lowest BCUT2D eigenvalue weighted by atomic mass is 9.81. The van der Waals surface area contributed by atoms with E-state index in [1.807, 2.05) is 36.2 Å². The number of carbonyl (C=O) groups is 1. The first kappa shape index (κ1) is 21.9. The molecule has 0 unspecified atom stereocenters. The zero-order valence-corrected chi connectivity index (χ0v) is 19.0. The summed E-state index contributed by atoms with van der Waals surface area (Å²) in [5, 5.41) is 19.3. The number of anilines is 1. The summed E-state index contributed by atoms with van der Waals surface area (Å²) in [4.78, 5) is 19.8. The third-order valence-corrected chi connectivity index (χ3v) is 7.48. The van der Waals surface area contributed by atoms with Crippen molar-refractivity contribution in [3.05, 3.63) is 53.6 Å². The van der Waals surface area contributed by atoms with Gasteiger partial charge in [-0.05, 0) is 47.4 Å². The van der Waals surface area contributed by atoms with Crippen LogP contribution in [0.15, 0.2) is 42.5 Å². The van der Waals surface area contributed by atoms with E-state index in [9.17, 15) is 9.90 Å². The van der Waals surface area contributed by atoms with E-state index in [4.69, 9.17) is 10.00 Å². The molecule has 0 spiro atoms. The number of aliphatic hydroxyl groups excluding tert-OH is 1. The second-order valence-electron chi connectivity index (χ2n) is 9.20. The Hall–Kier alpha value is -2.92. The van der Waals surface area contributed by atoms with E-state index in [0.29, 0.717) is 31.9 Å². The molecular formula is C26H30N4O3. The Balaban J connectivity index is 1.49. The molecule has 7 nitrogen and oxygen atoms in total. The normalized spacial score (nSPS) is 24.8. The van der Waals surface area contributed by atoms with Gasteiger partial charge in [-0.2, -0.15) is 5.26 Å². The molecule has 3 heterocycles. The number of likely N-dealkylation sites (N-methyl/N-ethyl adjacent to an activating group) is 1. The van der Waals surface area contributed by atoms with Crippen molar-refractivity contribution in [2.45, 2.75) is 18.5 Å². The molecule has 2 aromatic carbocycles. The molecule has 2 fully saturated rings. The van der Waals surface area contributed by atoms with Gasteiger partial charge in [0.1, 0.15) is 0 Å². The van der Waals surface area contributed by atoms with Crippen molar-refractivity contribution in [1.29, 1.82) is 5.26 Å². The third-order valence-electron chi connectivity index (χ3n) is 7.48. The van der Waals surface area contributed by atoms with Gasteiger partial charge in [0.25, 0.3) is 0 Å². The first-order chi connectivity index (χ1) is 16.1. The Bertz CT molecular complexity index is 1060. The van der Waals surface area contributed by atoms with Crippen LogP contribution in [0.25, 0.3) is 11.1 Å². The van der Waals surface area contributed by atoms with E-state index in [-0.39, 0.29) is 30.5 Å². The zero-order chi connectivity index (χ0) is 22.9. The molecular weight excluding hydrogens is 416 g/mol. The van der Waals surface area contributed by atoms with Crippen LogP contribution in [0.4, 0.5) is 5.69 Å². The molecule has 0 saturated carbocycles. The maximum atomic E-state index is 13.4. The van der Waals surface area contributed by atoms with Gasteiger partial charge in [-0.1, -0.05) is 18.2 Å². The van der Waals surface area contributed by atoms with Crippen molar-refractivity contribution in [2.24, 2.45) is 5.92 Å². The van der Waals surface area contributed by atoms with Gasteiger partial charge < -0.3 is 19.6 Å². The summed E-state index contributed by atoms with van der Waals surface area (Å²) in [6, 6.07) is 16.1. The van der Waals surface area contributed by atoms with Crippen molar-refractivity contribution in [2.75, 3.05) is 57.9 Å². The van der Waals surface area contributed by atoms with Gasteiger partial charge in [-0.25, -0.2) is 0 Å². The average Bonchev–Trinajstić information content (AvgIpc) is 3.30. The lowest BCUT2D eigenvalue weighted by Gasteiger charge is -2.45. The SMILES string of the molecule is CN1c2ccc(-c3ccc(C#N)cc3)cc2[C@@H]2[C@@H](CCN2C(=O)CN2CCOCC2)[C@H]1CO. The lowest BCUT2D eigenvalue weighted by Crippen LogP contribution is -2.50. The highest BCUT2D eigenvalue weighted by Crippen LogP contribution is 2.49. The Morgan fingerprint density at radius 1 is 1.12 bits per heavy atom. The van der Waals surface area contributed by atoms with Crippen molar-refractivity contribution < 1.29 is 14.6 Å². The number of amides is 1. The number of morpholine rings is 1. The molecule has 3 atom stereocenters. The van der Waals surface area contributed by atoms with Crippen molar-refractivity contribution in [3.63, 3.8) is 0 Å². The minimum atomic E-state index is -0.0415. The summed E-state index contributed by atoms with van der Waals surface area (Å²) in [6.45, 7) is 4.12. The largest absolute Gasteiger partial charge is 0.394 e. The van der Waals surface area contributed by atoms with Crippen LogP contribution in [-0.2, 0) is 9.53 Å². The van der Waals surface area contributed by atoms with Gasteiger partial charge in [0.15, 0.2) is 0 Å². The number of fused-ring (bicyclic) bond motifs is 3. The molecule has 0 radical (unpaired) electrons. The number of hydrogen-bond acceptors (Lipinski definition) is 6. The highest BCUT2D eigenvalue weighted by molar-refractivity contribution is 5.80. The monoisotopic (exact) mass is 446 g/mol.